The Hall–Kier alpha value is -2.31. The number of benzene rings is 1. The highest BCUT2D eigenvalue weighted by molar-refractivity contribution is 5.92. The first-order valence-electron chi connectivity index (χ1n) is 8.71. The molecule has 0 spiro atoms. The molecule has 1 aliphatic rings. The quantitative estimate of drug-likeness (QED) is 0.860. The molecule has 0 bridgehead atoms. The normalized spacial score (nSPS) is 21.0. The van der Waals surface area contributed by atoms with Crippen LogP contribution in [-0.4, -0.2) is 51.1 Å². The molecule has 1 saturated heterocycles. The standard InChI is InChI=1S/C19H24N4O2/c1-2-14-3-5-15(6-4-14)12-23-10-7-16(18(24)13-23)22-19(25)17-11-20-8-9-21-17/h3-6,8-9,11,16,18,24H,2,7,10,12-13H2,1H3,(H,22,25)/t16-,18-/m1/s1. The Morgan fingerprint density at radius 1 is 1.28 bits per heavy atom. The van der Waals surface area contributed by atoms with Gasteiger partial charge in [0.25, 0.3) is 5.91 Å². The molecule has 3 rings (SSSR count). The van der Waals surface area contributed by atoms with Crippen LogP contribution in [-0.2, 0) is 13.0 Å². The number of rotatable bonds is 5. The zero-order chi connectivity index (χ0) is 17.6. The molecule has 25 heavy (non-hydrogen) atoms. The largest absolute Gasteiger partial charge is 0.390 e. The third-order valence-corrected chi connectivity index (χ3v) is 4.62. The summed E-state index contributed by atoms with van der Waals surface area (Å²) in [6.45, 7) is 4.33. The average Bonchev–Trinajstić information content (AvgIpc) is 2.65. The van der Waals surface area contributed by atoms with Gasteiger partial charge in [-0.15, -0.1) is 0 Å². The number of nitrogens with one attached hydrogen (secondary N) is 1. The fourth-order valence-corrected chi connectivity index (χ4v) is 3.11. The zero-order valence-electron chi connectivity index (χ0n) is 14.4. The minimum absolute atomic E-state index is 0.256. The van der Waals surface area contributed by atoms with E-state index in [0.717, 1.165) is 19.5 Å². The van der Waals surface area contributed by atoms with Crippen LogP contribution < -0.4 is 5.32 Å². The van der Waals surface area contributed by atoms with Crippen molar-refractivity contribution in [3.8, 4) is 0 Å². The summed E-state index contributed by atoms with van der Waals surface area (Å²) in [5, 5.41) is 13.3. The molecule has 0 radical (unpaired) electrons. The average molecular weight is 340 g/mol. The van der Waals surface area contributed by atoms with E-state index >= 15 is 0 Å². The van der Waals surface area contributed by atoms with Crippen LogP contribution >= 0.6 is 0 Å². The molecule has 1 fully saturated rings. The molecule has 132 valence electrons. The van der Waals surface area contributed by atoms with Crippen LogP contribution in [0.5, 0.6) is 0 Å². The summed E-state index contributed by atoms with van der Waals surface area (Å²) >= 11 is 0. The number of hydrogen-bond acceptors (Lipinski definition) is 5. The molecule has 2 heterocycles. The minimum atomic E-state index is -0.593. The number of piperidine rings is 1. The number of carbonyl (C=O) groups is 1. The maximum absolute atomic E-state index is 12.2. The number of carbonyl (C=O) groups excluding carboxylic acids is 1. The van der Waals surface area contributed by atoms with Crippen molar-refractivity contribution in [1.82, 2.24) is 20.2 Å². The number of aliphatic hydroxyl groups excluding tert-OH is 1. The van der Waals surface area contributed by atoms with E-state index < -0.39 is 6.10 Å². The Morgan fingerprint density at radius 3 is 2.68 bits per heavy atom. The summed E-state index contributed by atoms with van der Waals surface area (Å²) in [6, 6.07) is 8.34. The molecule has 0 unspecified atom stereocenters. The van der Waals surface area contributed by atoms with Gasteiger partial charge in [-0.3, -0.25) is 14.7 Å². The van der Waals surface area contributed by atoms with Gasteiger partial charge >= 0.3 is 0 Å². The van der Waals surface area contributed by atoms with E-state index in [2.05, 4.69) is 51.4 Å². The monoisotopic (exact) mass is 340 g/mol. The zero-order valence-corrected chi connectivity index (χ0v) is 14.4. The predicted octanol–water partition coefficient (Wildman–Crippen LogP) is 1.40. The first-order chi connectivity index (χ1) is 12.2. The molecule has 1 amide bonds. The van der Waals surface area contributed by atoms with Gasteiger partial charge in [0, 0.05) is 32.0 Å². The van der Waals surface area contributed by atoms with Gasteiger partial charge in [-0.25, -0.2) is 4.98 Å². The molecular formula is C19H24N4O2. The van der Waals surface area contributed by atoms with Crippen LogP contribution in [0.4, 0.5) is 0 Å². The predicted molar refractivity (Wildman–Crippen MR) is 95.0 cm³/mol. The van der Waals surface area contributed by atoms with Crippen LogP contribution in [0.25, 0.3) is 0 Å². The van der Waals surface area contributed by atoms with Gasteiger partial charge in [-0.1, -0.05) is 31.2 Å². The first kappa shape index (κ1) is 17.5. The number of aliphatic hydroxyl groups is 1. The van der Waals surface area contributed by atoms with Gasteiger partial charge in [0.05, 0.1) is 18.3 Å². The maximum Gasteiger partial charge on any atom is 0.271 e. The van der Waals surface area contributed by atoms with Gasteiger partial charge in [0.15, 0.2) is 0 Å². The van der Waals surface area contributed by atoms with Crippen LogP contribution in [0.3, 0.4) is 0 Å². The number of β-amino-alcohol motifs (C(OH)–C–C–N with tert-alkyl or cyclic N) is 1. The van der Waals surface area contributed by atoms with Gasteiger partial charge in [-0.2, -0.15) is 0 Å². The van der Waals surface area contributed by atoms with Crippen molar-refractivity contribution in [2.75, 3.05) is 13.1 Å². The summed E-state index contributed by atoms with van der Waals surface area (Å²) in [4.78, 5) is 22.3. The summed E-state index contributed by atoms with van der Waals surface area (Å²) in [5.41, 5.74) is 2.84. The second kappa shape index (κ2) is 8.18. The van der Waals surface area contributed by atoms with Gasteiger partial charge < -0.3 is 10.4 Å². The third-order valence-electron chi connectivity index (χ3n) is 4.62. The van der Waals surface area contributed by atoms with E-state index in [9.17, 15) is 9.90 Å². The van der Waals surface area contributed by atoms with Crippen molar-refractivity contribution >= 4 is 5.91 Å². The second-order valence-electron chi connectivity index (χ2n) is 6.43. The molecule has 2 N–H and O–H groups in total. The minimum Gasteiger partial charge on any atom is -0.390 e. The first-order valence-corrected chi connectivity index (χ1v) is 8.71. The van der Waals surface area contributed by atoms with Gasteiger partial charge in [0.2, 0.25) is 0 Å². The Bertz CT molecular complexity index is 690. The number of nitrogens with zero attached hydrogens (tertiary/aromatic N) is 3. The Morgan fingerprint density at radius 2 is 2.04 bits per heavy atom. The summed E-state index contributed by atoms with van der Waals surface area (Å²) in [5.74, 6) is -0.291. The maximum atomic E-state index is 12.2. The van der Waals surface area contributed by atoms with Crippen molar-refractivity contribution in [3.05, 3.63) is 59.7 Å². The smallest absolute Gasteiger partial charge is 0.271 e. The number of hydrogen-bond donors (Lipinski definition) is 2. The van der Waals surface area contributed by atoms with Crippen molar-refractivity contribution < 1.29 is 9.90 Å². The van der Waals surface area contributed by atoms with Crippen molar-refractivity contribution in [1.29, 1.82) is 0 Å². The van der Waals surface area contributed by atoms with Crippen LogP contribution in [0, 0.1) is 0 Å². The molecule has 2 aromatic rings. The topological polar surface area (TPSA) is 78.4 Å². The van der Waals surface area contributed by atoms with Gasteiger partial charge in [0.1, 0.15) is 5.69 Å². The Labute approximate surface area is 147 Å². The number of aromatic nitrogens is 2. The van der Waals surface area contributed by atoms with Crippen molar-refractivity contribution in [2.24, 2.45) is 0 Å². The molecule has 1 aliphatic heterocycles. The summed E-state index contributed by atoms with van der Waals surface area (Å²) < 4.78 is 0. The fraction of sp³-hybridized carbons (Fsp3) is 0.421. The molecule has 1 aromatic carbocycles. The summed E-state index contributed by atoms with van der Waals surface area (Å²) in [6.07, 6.45) is 5.59. The Kier molecular flexibility index (Phi) is 5.73. The van der Waals surface area contributed by atoms with Gasteiger partial charge in [-0.05, 0) is 24.0 Å². The van der Waals surface area contributed by atoms with Crippen molar-refractivity contribution in [3.63, 3.8) is 0 Å². The molecule has 0 saturated carbocycles. The summed E-state index contributed by atoms with van der Waals surface area (Å²) in [7, 11) is 0. The Balaban J connectivity index is 1.52. The third kappa shape index (κ3) is 4.61. The van der Waals surface area contributed by atoms with E-state index in [1.165, 1.54) is 29.7 Å². The second-order valence-corrected chi connectivity index (χ2v) is 6.43. The lowest BCUT2D eigenvalue weighted by Gasteiger charge is -2.36. The molecule has 6 nitrogen and oxygen atoms in total. The molecule has 2 atom stereocenters. The fourth-order valence-electron chi connectivity index (χ4n) is 3.11. The van der Waals surface area contributed by atoms with E-state index in [1.807, 2.05) is 0 Å². The van der Waals surface area contributed by atoms with E-state index in [4.69, 9.17) is 0 Å². The van der Waals surface area contributed by atoms with Crippen molar-refractivity contribution in [2.45, 2.75) is 38.5 Å². The highest BCUT2D eigenvalue weighted by Gasteiger charge is 2.29. The molecule has 1 aromatic heterocycles. The van der Waals surface area contributed by atoms with Crippen LogP contribution in [0.1, 0.15) is 35.0 Å². The lowest BCUT2D eigenvalue weighted by atomic mass is 10.0. The number of likely N-dealkylation sites (tertiary alicyclic amines) is 1. The SMILES string of the molecule is CCc1ccc(CN2CC[C@@H](NC(=O)c3cnccn3)[C@H](O)C2)cc1. The number of amides is 1. The molecule has 6 heteroatoms. The van der Waals surface area contributed by atoms with Crippen LogP contribution in [0.15, 0.2) is 42.9 Å². The van der Waals surface area contributed by atoms with E-state index in [1.54, 1.807) is 0 Å². The molecule has 0 aliphatic carbocycles. The van der Waals surface area contributed by atoms with E-state index in [0.29, 0.717) is 13.0 Å². The van der Waals surface area contributed by atoms with E-state index in [-0.39, 0.29) is 17.6 Å². The highest BCUT2D eigenvalue weighted by Crippen LogP contribution is 2.15. The van der Waals surface area contributed by atoms with Crippen LogP contribution in [0.2, 0.25) is 0 Å². The lowest BCUT2D eigenvalue weighted by Crippen LogP contribution is -2.53. The lowest BCUT2D eigenvalue weighted by molar-refractivity contribution is 0.0348. The number of aryl methyl sites for hydroxylation is 1. The highest BCUT2D eigenvalue weighted by atomic mass is 16.3. The molecular weight excluding hydrogens is 316 g/mol.